The van der Waals surface area contributed by atoms with Crippen LogP contribution in [-0.2, 0) is 4.74 Å². The molecule has 7 heteroatoms. The fourth-order valence-electron chi connectivity index (χ4n) is 3.21. The predicted molar refractivity (Wildman–Crippen MR) is 97.1 cm³/mol. The van der Waals surface area contributed by atoms with Crippen LogP contribution in [0.1, 0.15) is 41.1 Å². The van der Waals surface area contributed by atoms with Crippen molar-refractivity contribution >= 4 is 22.8 Å². The molecular weight excluding hydrogens is 318 g/mol. The second kappa shape index (κ2) is 7.74. The summed E-state index contributed by atoms with van der Waals surface area (Å²) in [5.41, 5.74) is 2.58. The monoisotopic (exact) mass is 343 g/mol. The van der Waals surface area contributed by atoms with Gasteiger partial charge in [0.05, 0.1) is 5.39 Å². The first-order valence-electron chi connectivity index (χ1n) is 8.78. The molecule has 0 radical (unpaired) electrons. The second-order valence-electron chi connectivity index (χ2n) is 6.45. The first-order chi connectivity index (χ1) is 12.1. The van der Waals surface area contributed by atoms with E-state index in [1.807, 2.05) is 19.9 Å². The minimum Gasteiger partial charge on any atom is -0.385 e. The maximum absolute atomic E-state index is 12.5. The van der Waals surface area contributed by atoms with Crippen LogP contribution in [0.3, 0.4) is 0 Å². The number of aromatic nitrogens is 3. The van der Waals surface area contributed by atoms with Gasteiger partial charge in [0.2, 0.25) is 5.82 Å². The maximum atomic E-state index is 12.5. The summed E-state index contributed by atoms with van der Waals surface area (Å²) in [6, 6.07) is 2.04. The normalized spacial score (nSPS) is 14.3. The highest BCUT2D eigenvalue weighted by atomic mass is 16.5. The van der Waals surface area contributed by atoms with E-state index in [-0.39, 0.29) is 11.7 Å². The van der Waals surface area contributed by atoms with Crippen LogP contribution in [0.25, 0.3) is 11.0 Å². The van der Waals surface area contributed by atoms with Crippen LogP contribution in [0.2, 0.25) is 0 Å². The van der Waals surface area contributed by atoms with Crippen molar-refractivity contribution in [3.05, 3.63) is 23.1 Å². The van der Waals surface area contributed by atoms with Crippen LogP contribution in [-0.4, -0.2) is 54.2 Å². The van der Waals surface area contributed by atoms with Crippen LogP contribution in [0.15, 0.2) is 6.07 Å². The minimum absolute atomic E-state index is 0.185. The average molecular weight is 343 g/mol. The number of amides is 1. The van der Waals surface area contributed by atoms with Crippen molar-refractivity contribution in [2.75, 3.05) is 38.3 Å². The summed E-state index contributed by atoms with van der Waals surface area (Å²) in [4.78, 5) is 28.3. The molecule has 1 amide bonds. The molecule has 0 spiro atoms. The fourth-order valence-corrected chi connectivity index (χ4v) is 3.21. The van der Waals surface area contributed by atoms with E-state index < -0.39 is 0 Å². The van der Waals surface area contributed by atoms with Gasteiger partial charge in [-0.25, -0.2) is 15.0 Å². The molecule has 25 heavy (non-hydrogen) atoms. The number of nitrogens with zero attached hydrogens (tertiary/aromatic N) is 4. The topological polar surface area (TPSA) is 80.2 Å². The lowest BCUT2D eigenvalue weighted by Crippen LogP contribution is -2.29. The molecule has 7 nitrogen and oxygen atoms in total. The third-order valence-electron chi connectivity index (χ3n) is 4.39. The van der Waals surface area contributed by atoms with E-state index >= 15 is 0 Å². The summed E-state index contributed by atoms with van der Waals surface area (Å²) >= 11 is 0. The lowest BCUT2D eigenvalue weighted by Gasteiger charge is -2.20. The molecule has 0 unspecified atom stereocenters. The van der Waals surface area contributed by atoms with Crippen molar-refractivity contribution in [3.8, 4) is 0 Å². The van der Waals surface area contributed by atoms with Gasteiger partial charge < -0.3 is 15.0 Å². The molecule has 1 aliphatic heterocycles. The Kier molecular flexibility index (Phi) is 5.43. The molecular formula is C18H25N5O2. The zero-order chi connectivity index (χ0) is 17.8. The first-order valence-corrected chi connectivity index (χ1v) is 8.78. The largest absolute Gasteiger partial charge is 0.385 e. The van der Waals surface area contributed by atoms with Crippen LogP contribution in [0, 0.1) is 13.8 Å². The van der Waals surface area contributed by atoms with Gasteiger partial charge in [-0.2, -0.15) is 0 Å². The molecule has 134 valence electrons. The van der Waals surface area contributed by atoms with Gasteiger partial charge in [-0.05, 0) is 44.7 Å². The van der Waals surface area contributed by atoms with Gasteiger partial charge in [-0.15, -0.1) is 0 Å². The highest BCUT2D eigenvalue weighted by Gasteiger charge is 2.22. The summed E-state index contributed by atoms with van der Waals surface area (Å²) < 4.78 is 5.00. The van der Waals surface area contributed by atoms with Crippen molar-refractivity contribution in [3.63, 3.8) is 0 Å². The van der Waals surface area contributed by atoms with Crippen molar-refractivity contribution in [1.82, 2.24) is 20.3 Å². The SMILES string of the molecule is COCCCNC(=O)c1nc(N2CCCC2)c2c(C)cc(C)nc2n1. The molecule has 0 atom stereocenters. The van der Waals surface area contributed by atoms with Gasteiger partial charge in [0, 0.05) is 39.0 Å². The molecule has 1 saturated heterocycles. The Balaban J connectivity index is 1.97. The summed E-state index contributed by atoms with van der Waals surface area (Å²) in [5.74, 6) is 0.748. The Morgan fingerprint density at radius 3 is 2.72 bits per heavy atom. The van der Waals surface area contributed by atoms with E-state index in [9.17, 15) is 4.79 Å². The van der Waals surface area contributed by atoms with Gasteiger partial charge in [0.15, 0.2) is 5.65 Å². The van der Waals surface area contributed by atoms with Crippen LogP contribution in [0.5, 0.6) is 0 Å². The quantitative estimate of drug-likeness (QED) is 0.808. The van der Waals surface area contributed by atoms with Crippen LogP contribution in [0.4, 0.5) is 5.82 Å². The second-order valence-corrected chi connectivity index (χ2v) is 6.45. The summed E-state index contributed by atoms with van der Waals surface area (Å²) in [6.07, 6.45) is 3.04. The number of hydrogen-bond donors (Lipinski definition) is 1. The number of carbonyl (C=O) groups is 1. The van der Waals surface area contributed by atoms with Crippen molar-refractivity contribution in [2.24, 2.45) is 0 Å². The average Bonchev–Trinajstić information content (AvgIpc) is 3.11. The first kappa shape index (κ1) is 17.5. The van der Waals surface area contributed by atoms with E-state index in [1.54, 1.807) is 7.11 Å². The number of hydrogen-bond acceptors (Lipinski definition) is 6. The zero-order valence-corrected chi connectivity index (χ0v) is 15.1. The smallest absolute Gasteiger partial charge is 0.289 e. The lowest BCUT2D eigenvalue weighted by atomic mass is 10.1. The molecule has 3 rings (SSSR count). The third kappa shape index (κ3) is 3.87. The summed E-state index contributed by atoms with van der Waals surface area (Å²) in [6.45, 7) is 7.03. The summed E-state index contributed by atoms with van der Waals surface area (Å²) in [7, 11) is 1.65. The number of nitrogens with one attached hydrogen (secondary N) is 1. The number of aryl methyl sites for hydroxylation is 2. The molecule has 0 aromatic carbocycles. The van der Waals surface area contributed by atoms with E-state index in [1.165, 1.54) is 0 Å². The van der Waals surface area contributed by atoms with Crippen molar-refractivity contribution < 1.29 is 9.53 Å². The van der Waals surface area contributed by atoms with Crippen molar-refractivity contribution in [1.29, 1.82) is 0 Å². The number of rotatable bonds is 6. The van der Waals surface area contributed by atoms with Gasteiger partial charge >= 0.3 is 0 Å². The number of anilines is 1. The zero-order valence-electron chi connectivity index (χ0n) is 15.1. The predicted octanol–water partition coefficient (Wildman–Crippen LogP) is 2.01. The lowest BCUT2D eigenvalue weighted by molar-refractivity contribution is 0.0938. The van der Waals surface area contributed by atoms with E-state index in [0.717, 1.165) is 54.8 Å². The third-order valence-corrected chi connectivity index (χ3v) is 4.39. The number of ether oxygens (including phenoxy) is 1. The molecule has 0 bridgehead atoms. The van der Waals surface area contributed by atoms with Crippen molar-refractivity contribution in [2.45, 2.75) is 33.1 Å². The standard InChI is InChI=1S/C18H25N5O2/c1-12-11-13(2)20-15-14(12)17(23-8-4-5-9-23)22-16(21-15)18(24)19-7-6-10-25-3/h11H,4-10H2,1-3H3,(H,19,24). The maximum Gasteiger partial charge on any atom is 0.289 e. The van der Waals surface area contributed by atoms with Gasteiger partial charge in [0.1, 0.15) is 5.82 Å². The van der Waals surface area contributed by atoms with E-state index in [4.69, 9.17) is 4.74 Å². The highest BCUT2D eigenvalue weighted by molar-refractivity contribution is 5.96. The Bertz CT molecular complexity index is 772. The number of carbonyl (C=O) groups excluding carboxylic acids is 1. The molecule has 3 heterocycles. The highest BCUT2D eigenvalue weighted by Crippen LogP contribution is 2.29. The summed E-state index contributed by atoms with van der Waals surface area (Å²) in [5, 5.41) is 3.80. The van der Waals surface area contributed by atoms with E-state index in [2.05, 4.69) is 25.2 Å². The molecule has 0 saturated carbocycles. The van der Waals surface area contributed by atoms with Crippen LogP contribution >= 0.6 is 0 Å². The number of pyridine rings is 1. The Morgan fingerprint density at radius 1 is 1.24 bits per heavy atom. The van der Waals surface area contributed by atoms with Gasteiger partial charge in [0.25, 0.3) is 5.91 Å². The Hall–Kier alpha value is -2.28. The van der Waals surface area contributed by atoms with Gasteiger partial charge in [-0.3, -0.25) is 4.79 Å². The van der Waals surface area contributed by atoms with E-state index in [0.29, 0.717) is 18.8 Å². The fraction of sp³-hybridized carbons (Fsp3) is 0.556. The Labute approximate surface area is 147 Å². The molecule has 1 fully saturated rings. The molecule has 1 aliphatic rings. The van der Waals surface area contributed by atoms with Gasteiger partial charge in [-0.1, -0.05) is 0 Å². The molecule has 1 N–H and O–H groups in total. The molecule has 2 aromatic rings. The number of methoxy groups -OCH3 is 1. The molecule has 0 aliphatic carbocycles. The minimum atomic E-state index is -0.264. The van der Waals surface area contributed by atoms with Crippen LogP contribution < -0.4 is 10.2 Å². The molecule has 2 aromatic heterocycles. The Morgan fingerprint density at radius 2 is 2.00 bits per heavy atom. The number of fused-ring (bicyclic) bond motifs is 1.